The van der Waals surface area contributed by atoms with Crippen molar-refractivity contribution in [1.82, 2.24) is 5.32 Å². The minimum absolute atomic E-state index is 0.0548. The molecule has 0 amide bonds. The normalized spacial score (nSPS) is 27.4. The predicted octanol–water partition coefficient (Wildman–Crippen LogP) is 3.90. The molecule has 1 aliphatic heterocycles. The van der Waals surface area contributed by atoms with E-state index in [1.807, 2.05) is 0 Å². The van der Waals surface area contributed by atoms with Crippen molar-refractivity contribution in [2.24, 2.45) is 0 Å². The van der Waals surface area contributed by atoms with E-state index >= 15 is 0 Å². The SMILES string of the molecule is CC1(C)CN(c2ccc(C=O)c(Br)c2F)[C@H]2CCCC[C@H]2N1. The second-order valence-electron chi connectivity index (χ2n) is 7.03. The van der Waals surface area contributed by atoms with E-state index in [0.29, 0.717) is 29.6 Å². The Hall–Kier alpha value is -0.940. The minimum atomic E-state index is -0.327. The number of nitrogens with one attached hydrogen (secondary N) is 1. The van der Waals surface area contributed by atoms with Crippen LogP contribution >= 0.6 is 15.9 Å². The van der Waals surface area contributed by atoms with Gasteiger partial charge >= 0.3 is 0 Å². The largest absolute Gasteiger partial charge is 0.363 e. The number of nitrogens with zero attached hydrogens (tertiary/aromatic N) is 1. The van der Waals surface area contributed by atoms with Gasteiger partial charge in [0.1, 0.15) is 0 Å². The smallest absolute Gasteiger partial charge is 0.161 e. The van der Waals surface area contributed by atoms with Crippen LogP contribution in [0.2, 0.25) is 0 Å². The molecule has 2 fully saturated rings. The van der Waals surface area contributed by atoms with Crippen LogP contribution in [0.5, 0.6) is 0 Å². The van der Waals surface area contributed by atoms with Crippen LogP contribution in [0.25, 0.3) is 0 Å². The number of piperazine rings is 1. The lowest BCUT2D eigenvalue weighted by molar-refractivity contribution is 0.112. The molecule has 3 rings (SSSR count). The lowest BCUT2D eigenvalue weighted by Crippen LogP contribution is -2.67. The van der Waals surface area contributed by atoms with E-state index in [4.69, 9.17) is 0 Å². The third-order valence-corrected chi connectivity index (χ3v) is 5.61. The molecule has 0 bridgehead atoms. The lowest BCUT2D eigenvalue weighted by Gasteiger charge is -2.52. The number of halogens is 2. The predicted molar refractivity (Wildman–Crippen MR) is 90.1 cm³/mol. The minimum Gasteiger partial charge on any atom is -0.363 e. The molecule has 1 aliphatic carbocycles. The maximum atomic E-state index is 14.8. The maximum absolute atomic E-state index is 14.8. The number of hydrogen-bond donors (Lipinski definition) is 1. The van der Waals surface area contributed by atoms with Crippen molar-refractivity contribution in [3.8, 4) is 0 Å². The van der Waals surface area contributed by atoms with Crippen molar-refractivity contribution in [3.05, 3.63) is 28.0 Å². The highest BCUT2D eigenvalue weighted by atomic mass is 79.9. The molecule has 1 N–H and O–H groups in total. The van der Waals surface area contributed by atoms with E-state index in [9.17, 15) is 9.18 Å². The first-order valence-electron chi connectivity index (χ1n) is 7.90. The molecular weight excluding hydrogens is 347 g/mol. The Kier molecular flexibility index (Phi) is 4.29. The van der Waals surface area contributed by atoms with Crippen LogP contribution in [0.1, 0.15) is 49.9 Å². The molecule has 0 radical (unpaired) electrons. The molecule has 0 spiro atoms. The average molecular weight is 369 g/mol. The summed E-state index contributed by atoms with van der Waals surface area (Å²) in [5, 5.41) is 3.72. The molecule has 120 valence electrons. The number of aldehydes is 1. The molecule has 3 nitrogen and oxygen atoms in total. The molecule has 1 saturated carbocycles. The Labute approximate surface area is 139 Å². The van der Waals surface area contributed by atoms with E-state index in [1.165, 1.54) is 12.8 Å². The summed E-state index contributed by atoms with van der Waals surface area (Å²) in [5.74, 6) is -0.327. The number of fused-ring (bicyclic) bond motifs is 1. The zero-order valence-electron chi connectivity index (χ0n) is 13.0. The van der Waals surface area contributed by atoms with Crippen molar-refractivity contribution < 1.29 is 9.18 Å². The van der Waals surface area contributed by atoms with Crippen molar-refractivity contribution in [1.29, 1.82) is 0 Å². The second kappa shape index (κ2) is 5.93. The van der Waals surface area contributed by atoms with E-state index in [-0.39, 0.29) is 15.8 Å². The van der Waals surface area contributed by atoms with Gasteiger partial charge in [0.15, 0.2) is 12.1 Å². The summed E-state index contributed by atoms with van der Waals surface area (Å²) >= 11 is 3.23. The topological polar surface area (TPSA) is 32.3 Å². The third-order valence-electron chi connectivity index (χ3n) is 4.80. The van der Waals surface area contributed by atoms with Crippen LogP contribution in [-0.4, -0.2) is 30.5 Å². The summed E-state index contributed by atoms with van der Waals surface area (Å²) in [4.78, 5) is 13.2. The Balaban J connectivity index is 2.01. The summed E-state index contributed by atoms with van der Waals surface area (Å²) in [5.41, 5.74) is 0.903. The quantitative estimate of drug-likeness (QED) is 0.803. The summed E-state index contributed by atoms with van der Waals surface area (Å²) in [7, 11) is 0. The molecule has 1 heterocycles. The molecule has 0 unspecified atom stereocenters. The number of carbonyl (C=O) groups is 1. The lowest BCUT2D eigenvalue weighted by atomic mass is 9.83. The van der Waals surface area contributed by atoms with Gasteiger partial charge in [-0.1, -0.05) is 12.8 Å². The van der Waals surface area contributed by atoms with Crippen molar-refractivity contribution in [2.75, 3.05) is 11.4 Å². The molecule has 2 aliphatic rings. The van der Waals surface area contributed by atoms with Gasteiger partial charge in [-0.3, -0.25) is 4.79 Å². The molecule has 5 heteroatoms. The number of anilines is 1. The molecule has 2 atom stereocenters. The highest BCUT2D eigenvalue weighted by Crippen LogP contribution is 2.37. The third kappa shape index (κ3) is 2.81. The second-order valence-corrected chi connectivity index (χ2v) is 7.83. The van der Waals surface area contributed by atoms with E-state index in [0.717, 1.165) is 19.4 Å². The molecule has 0 aromatic heterocycles. The molecule has 1 saturated heterocycles. The average Bonchev–Trinajstić information content (AvgIpc) is 2.48. The van der Waals surface area contributed by atoms with Crippen molar-refractivity contribution in [3.63, 3.8) is 0 Å². The van der Waals surface area contributed by atoms with Gasteiger partial charge in [0, 0.05) is 29.7 Å². The summed E-state index contributed by atoms with van der Waals surface area (Å²) in [6, 6.07) is 4.17. The van der Waals surface area contributed by atoms with Gasteiger partial charge in [0.25, 0.3) is 0 Å². The fraction of sp³-hybridized carbons (Fsp3) is 0.588. The van der Waals surface area contributed by atoms with E-state index in [2.05, 4.69) is 40.0 Å². The zero-order valence-corrected chi connectivity index (χ0v) is 14.6. The number of carbonyl (C=O) groups excluding carboxylic acids is 1. The Morgan fingerprint density at radius 2 is 2.09 bits per heavy atom. The standard InChI is InChI=1S/C17H22BrFN2O/c1-17(2)10-21(13-6-4-3-5-12(13)20-17)14-8-7-11(9-22)15(18)16(14)19/h7-9,12-13,20H,3-6,10H2,1-2H3/t12-,13+/m1/s1. The zero-order chi connectivity index (χ0) is 15.9. The molecule has 1 aromatic rings. The monoisotopic (exact) mass is 368 g/mol. The van der Waals surface area contributed by atoms with Gasteiger partial charge in [0.2, 0.25) is 0 Å². The first-order valence-corrected chi connectivity index (χ1v) is 8.70. The van der Waals surface area contributed by atoms with Gasteiger partial charge in [-0.15, -0.1) is 0 Å². The number of rotatable bonds is 2. The van der Waals surface area contributed by atoms with Gasteiger partial charge in [-0.25, -0.2) is 4.39 Å². The molecule has 22 heavy (non-hydrogen) atoms. The Morgan fingerprint density at radius 3 is 2.82 bits per heavy atom. The van der Waals surface area contributed by atoms with Crippen LogP contribution in [0, 0.1) is 5.82 Å². The van der Waals surface area contributed by atoms with E-state index in [1.54, 1.807) is 12.1 Å². The summed E-state index contributed by atoms with van der Waals surface area (Å²) in [6.07, 6.45) is 5.32. The van der Waals surface area contributed by atoms with Crippen LogP contribution in [0.15, 0.2) is 16.6 Å². The summed E-state index contributed by atoms with van der Waals surface area (Å²) < 4.78 is 15.0. The van der Waals surface area contributed by atoms with Gasteiger partial charge in [-0.2, -0.15) is 0 Å². The summed E-state index contributed by atoms with van der Waals surface area (Å²) in [6.45, 7) is 5.09. The van der Waals surface area contributed by atoms with Crippen molar-refractivity contribution >= 4 is 27.9 Å². The van der Waals surface area contributed by atoms with Crippen LogP contribution < -0.4 is 10.2 Å². The van der Waals surface area contributed by atoms with Crippen LogP contribution in [0.4, 0.5) is 10.1 Å². The first-order chi connectivity index (χ1) is 10.4. The van der Waals surface area contributed by atoms with Gasteiger partial charge < -0.3 is 10.2 Å². The Bertz CT molecular complexity index is 590. The highest BCUT2D eigenvalue weighted by Gasteiger charge is 2.41. The van der Waals surface area contributed by atoms with Crippen LogP contribution in [-0.2, 0) is 0 Å². The molecular formula is C17H22BrFN2O. The van der Waals surface area contributed by atoms with Gasteiger partial charge in [-0.05, 0) is 54.8 Å². The Morgan fingerprint density at radius 1 is 1.36 bits per heavy atom. The van der Waals surface area contributed by atoms with Crippen molar-refractivity contribution in [2.45, 2.75) is 57.2 Å². The highest BCUT2D eigenvalue weighted by molar-refractivity contribution is 9.10. The number of hydrogen-bond acceptors (Lipinski definition) is 3. The number of benzene rings is 1. The first kappa shape index (κ1) is 15.9. The van der Waals surface area contributed by atoms with E-state index < -0.39 is 0 Å². The fourth-order valence-electron chi connectivity index (χ4n) is 3.87. The maximum Gasteiger partial charge on any atom is 0.161 e. The molecule has 1 aromatic carbocycles. The van der Waals surface area contributed by atoms with Crippen LogP contribution in [0.3, 0.4) is 0 Å². The van der Waals surface area contributed by atoms with Gasteiger partial charge in [0.05, 0.1) is 10.2 Å². The fourth-order valence-corrected chi connectivity index (χ4v) is 4.30.